The molecule has 2 N–H and O–H groups in total. The van der Waals surface area contributed by atoms with Crippen LogP contribution in [-0.4, -0.2) is 24.4 Å². The average Bonchev–Trinajstić information content (AvgIpc) is 2.70. The molecule has 2 aromatic rings. The molecule has 0 fully saturated rings. The van der Waals surface area contributed by atoms with Crippen LogP contribution in [0.15, 0.2) is 66.4 Å². The first-order valence-corrected chi connectivity index (χ1v) is 8.13. The van der Waals surface area contributed by atoms with Gasteiger partial charge in [-0.25, -0.2) is 0 Å². The Balaban J connectivity index is 2.15. The Morgan fingerprint density at radius 2 is 1.50 bits per heavy atom. The van der Waals surface area contributed by atoms with Crippen molar-refractivity contribution in [3.05, 3.63) is 77.5 Å². The SMILES string of the molecule is C=C=C(C#CCC(O)c1ccccc1OC)C(O)c1ccccc1OC. The summed E-state index contributed by atoms with van der Waals surface area (Å²) in [6.07, 6.45) is -1.61. The summed E-state index contributed by atoms with van der Waals surface area (Å²) in [5.74, 6) is 6.89. The predicted octanol–water partition coefficient (Wildman–Crippen LogP) is 3.58. The van der Waals surface area contributed by atoms with Gasteiger partial charge in [0.1, 0.15) is 17.6 Å². The van der Waals surface area contributed by atoms with Crippen LogP contribution in [0, 0.1) is 11.8 Å². The van der Waals surface area contributed by atoms with Crippen LogP contribution in [0.25, 0.3) is 0 Å². The van der Waals surface area contributed by atoms with Gasteiger partial charge in [0.2, 0.25) is 0 Å². The van der Waals surface area contributed by atoms with Crippen LogP contribution >= 0.6 is 0 Å². The Labute approximate surface area is 154 Å². The Bertz CT molecular complexity index is 854. The van der Waals surface area contributed by atoms with Crippen LogP contribution in [0.2, 0.25) is 0 Å². The standard InChI is InChI=1S/C22H22O4/c1-4-16(22(24)18-12-6-8-15-21(18)26-3)10-9-13-19(23)17-11-5-7-14-20(17)25-2/h5-8,11-12,14-15,19,22-24H,1,13H2,2-3H3. The molecule has 26 heavy (non-hydrogen) atoms. The van der Waals surface area contributed by atoms with Crippen molar-refractivity contribution in [3.63, 3.8) is 0 Å². The Morgan fingerprint density at radius 1 is 0.962 bits per heavy atom. The lowest BCUT2D eigenvalue weighted by atomic mass is 10.0. The maximum atomic E-state index is 10.6. The molecule has 0 spiro atoms. The highest BCUT2D eigenvalue weighted by molar-refractivity contribution is 5.44. The van der Waals surface area contributed by atoms with Crippen molar-refractivity contribution < 1.29 is 19.7 Å². The summed E-state index contributed by atoms with van der Waals surface area (Å²) in [5, 5.41) is 20.9. The number of aliphatic hydroxyl groups is 2. The first-order valence-electron chi connectivity index (χ1n) is 8.13. The number of aliphatic hydroxyl groups excluding tert-OH is 2. The van der Waals surface area contributed by atoms with Gasteiger partial charge in [0.15, 0.2) is 0 Å². The van der Waals surface area contributed by atoms with Crippen molar-refractivity contribution in [1.29, 1.82) is 0 Å². The molecule has 0 amide bonds. The first-order chi connectivity index (χ1) is 12.6. The molecule has 2 aromatic carbocycles. The van der Waals surface area contributed by atoms with E-state index in [9.17, 15) is 10.2 Å². The molecule has 2 atom stereocenters. The quantitative estimate of drug-likeness (QED) is 0.618. The topological polar surface area (TPSA) is 58.9 Å². The zero-order valence-corrected chi connectivity index (χ0v) is 14.9. The monoisotopic (exact) mass is 350 g/mol. The molecule has 134 valence electrons. The molecular weight excluding hydrogens is 328 g/mol. The van der Waals surface area contributed by atoms with Gasteiger partial charge in [0, 0.05) is 17.5 Å². The molecule has 0 saturated carbocycles. The van der Waals surface area contributed by atoms with Gasteiger partial charge in [-0.15, -0.1) is 5.73 Å². The van der Waals surface area contributed by atoms with Gasteiger partial charge in [-0.2, -0.15) is 0 Å². The maximum absolute atomic E-state index is 10.6. The van der Waals surface area contributed by atoms with E-state index in [0.29, 0.717) is 28.2 Å². The second-order valence-corrected chi connectivity index (χ2v) is 5.50. The minimum Gasteiger partial charge on any atom is -0.496 e. The number of rotatable bonds is 6. The van der Waals surface area contributed by atoms with Crippen molar-refractivity contribution in [2.45, 2.75) is 18.6 Å². The van der Waals surface area contributed by atoms with Crippen molar-refractivity contribution >= 4 is 0 Å². The molecule has 2 rings (SSSR count). The second kappa shape index (κ2) is 9.50. The Morgan fingerprint density at radius 3 is 2.08 bits per heavy atom. The van der Waals surface area contributed by atoms with Crippen LogP contribution in [0.5, 0.6) is 11.5 Å². The van der Waals surface area contributed by atoms with Gasteiger partial charge >= 0.3 is 0 Å². The van der Waals surface area contributed by atoms with Crippen molar-refractivity contribution in [1.82, 2.24) is 0 Å². The summed E-state index contributed by atoms with van der Waals surface area (Å²) in [4.78, 5) is 0. The number of methoxy groups -OCH3 is 2. The fourth-order valence-corrected chi connectivity index (χ4v) is 2.55. The van der Waals surface area contributed by atoms with Crippen LogP contribution in [0.1, 0.15) is 29.8 Å². The van der Waals surface area contributed by atoms with Gasteiger partial charge < -0.3 is 19.7 Å². The van der Waals surface area contributed by atoms with E-state index in [0.717, 1.165) is 0 Å². The third kappa shape index (κ3) is 4.56. The van der Waals surface area contributed by atoms with E-state index in [1.165, 1.54) is 7.11 Å². The van der Waals surface area contributed by atoms with Crippen LogP contribution < -0.4 is 9.47 Å². The molecule has 0 aliphatic carbocycles. The third-order valence-corrected chi connectivity index (χ3v) is 3.91. The molecule has 0 aliphatic rings. The summed E-state index contributed by atoms with van der Waals surface area (Å²) in [5.41, 5.74) is 4.24. The van der Waals surface area contributed by atoms with E-state index in [2.05, 4.69) is 24.2 Å². The van der Waals surface area contributed by atoms with E-state index in [-0.39, 0.29) is 6.42 Å². The van der Waals surface area contributed by atoms with E-state index in [4.69, 9.17) is 9.47 Å². The number of ether oxygens (including phenoxy) is 2. The summed E-state index contributed by atoms with van der Waals surface area (Å²) in [6, 6.07) is 14.4. The lowest BCUT2D eigenvalue weighted by molar-refractivity contribution is 0.179. The summed E-state index contributed by atoms with van der Waals surface area (Å²) in [6.45, 7) is 3.60. The maximum Gasteiger partial charge on any atom is 0.125 e. The molecule has 4 heteroatoms. The molecule has 0 heterocycles. The fourth-order valence-electron chi connectivity index (χ4n) is 2.55. The highest BCUT2D eigenvalue weighted by Gasteiger charge is 2.16. The van der Waals surface area contributed by atoms with E-state index < -0.39 is 12.2 Å². The highest BCUT2D eigenvalue weighted by Crippen LogP contribution is 2.29. The van der Waals surface area contributed by atoms with Crippen molar-refractivity contribution in [3.8, 4) is 23.3 Å². The molecule has 0 bridgehead atoms. The third-order valence-electron chi connectivity index (χ3n) is 3.91. The smallest absolute Gasteiger partial charge is 0.125 e. The summed E-state index contributed by atoms with van der Waals surface area (Å²) < 4.78 is 10.5. The van der Waals surface area contributed by atoms with Gasteiger partial charge in [-0.3, -0.25) is 0 Å². The Hall–Kier alpha value is -2.96. The average molecular weight is 350 g/mol. The number of para-hydroxylation sites is 2. The van der Waals surface area contributed by atoms with E-state index in [1.54, 1.807) is 37.4 Å². The second-order valence-electron chi connectivity index (χ2n) is 5.50. The minimum atomic E-state index is -1.00. The highest BCUT2D eigenvalue weighted by atomic mass is 16.5. The first kappa shape index (κ1) is 19.4. The van der Waals surface area contributed by atoms with Crippen LogP contribution in [0.4, 0.5) is 0 Å². The van der Waals surface area contributed by atoms with Crippen LogP contribution in [-0.2, 0) is 0 Å². The van der Waals surface area contributed by atoms with E-state index >= 15 is 0 Å². The molecule has 2 unspecified atom stereocenters. The molecule has 0 aromatic heterocycles. The number of hydrogen-bond donors (Lipinski definition) is 2. The summed E-state index contributed by atoms with van der Waals surface area (Å²) >= 11 is 0. The molecular formula is C22H22O4. The zero-order chi connectivity index (χ0) is 18.9. The molecule has 0 saturated heterocycles. The zero-order valence-electron chi connectivity index (χ0n) is 14.9. The molecule has 4 nitrogen and oxygen atoms in total. The number of hydrogen-bond acceptors (Lipinski definition) is 4. The van der Waals surface area contributed by atoms with Crippen molar-refractivity contribution in [2.24, 2.45) is 0 Å². The lowest BCUT2D eigenvalue weighted by Gasteiger charge is -2.14. The van der Waals surface area contributed by atoms with Gasteiger partial charge in [-0.05, 0) is 12.1 Å². The largest absolute Gasteiger partial charge is 0.496 e. The lowest BCUT2D eigenvalue weighted by Crippen LogP contribution is -2.03. The minimum absolute atomic E-state index is 0.185. The Kier molecular flexibility index (Phi) is 7.08. The van der Waals surface area contributed by atoms with Crippen molar-refractivity contribution in [2.75, 3.05) is 14.2 Å². The fraction of sp³-hybridized carbons (Fsp3) is 0.227. The van der Waals surface area contributed by atoms with Gasteiger partial charge in [0.25, 0.3) is 0 Å². The summed E-state index contributed by atoms with van der Waals surface area (Å²) in [7, 11) is 3.09. The van der Waals surface area contributed by atoms with Gasteiger partial charge in [0.05, 0.1) is 25.9 Å². The van der Waals surface area contributed by atoms with Crippen LogP contribution in [0.3, 0.4) is 0 Å². The predicted molar refractivity (Wildman–Crippen MR) is 101 cm³/mol. The molecule has 0 aliphatic heterocycles. The van der Waals surface area contributed by atoms with E-state index in [1.807, 2.05) is 18.2 Å². The number of benzene rings is 2. The molecule has 0 radical (unpaired) electrons. The van der Waals surface area contributed by atoms with Gasteiger partial charge in [-0.1, -0.05) is 54.8 Å². The normalized spacial score (nSPS) is 12.2.